The number of hydrogen-bond donors (Lipinski definition) is 0. The Hall–Kier alpha value is -4.43. The molecule has 0 saturated carbocycles. The van der Waals surface area contributed by atoms with E-state index in [1.54, 1.807) is 41.8 Å². The van der Waals surface area contributed by atoms with Gasteiger partial charge in [-0.05, 0) is 65.9 Å². The van der Waals surface area contributed by atoms with Crippen LogP contribution in [0.1, 0.15) is 60.5 Å². The zero-order chi connectivity index (χ0) is 33.1. The molecule has 0 spiro atoms. The minimum atomic E-state index is -0.762. The molecule has 0 radical (unpaired) electrons. The minimum Gasteiger partial charge on any atom is -0.488 e. The third-order valence-electron chi connectivity index (χ3n) is 7.83. The van der Waals surface area contributed by atoms with Gasteiger partial charge in [0.05, 0.1) is 28.5 Å². The van der Waals surface area contributed by atoms with Crippen molar-refractivity contribution in [3.05, 3.63) is 160 Å². The Kier molecular flexibility index (Phi) is 9.78. The molecule has 238 valence electrons. The standard InChI is InChI=1S/C38H32Cl2N2O4S/c1-4-45-37(44)33-34(26-10-6-5-7-11-26)41-38-42(35(33)27-15-13-25(14-16-27)23(2)3)36(43)32(47-38)21-28-20-30(40)17-18-31(28)46-22-24-9-8-12-29(39)19-24/h5-21,23,35H,4,22H2,1-3H3/b32-21-/t35-/m0/s1. The number of esters is 1. The SMILES string of the molecule is CCOC(=O)C1=C(c2ccccc2)N=c2s/c(=C\c3cc(Cl)ccc3OCc3cccc(Cl)c3)c(=O)n2[C@H]1c1ccc(C(C)C)cc1. The monoisotopic (exact) mass is 682 g/mol. The molecule has 0 fully saturated rings. The van der Waals surface area contributed by atoms with E-state index in [1.165, 1.54) is 11.3 Å². The molecule has 0 aliphatic carbocycles. The summed E-state index contributed by atoms with van der Waals surface area (Å²) in [6.07, 6.45) is 1.76. The van der Waals surface area contributed by atoms with E-state index in [0.717, 1.165) is 22.3 Å². The van der Waals surface area contributed by atoms with Crippen LogP contribution in [0.5, 0.6) is 5.75 Å². The van der Waals surface area contributed by atoms with Gasteiger partial charge < -0.3 is 9.47 Å². The van der Waals surface area contributed by atoms with Crippen LogP contribution in [-0.2, 0) is 16.1 Å². The van der Waals surface area contributed by atoms with E-state index in [4.69, 9.17) is 37.7 Å². The van der Waals surface area contributed by atoms with Crippen LogP contribution in [0.4, 0.5) is 0 Å². The molecule has 1 aromatic heterocycles. The molecule has 1 aliphatic rings. The summed E-state index contributed by atoms with van der Waals surface area (Å²) < 4.78 is 13.8. The van der Waals surface area contributed by atoms with Gasteiger partial charge in [-0.3, -0.25) is 9.36 Å². The Morgan fingerprint density at radius 3 is 2.40 bits per heavy atom. The smallest absolute Gasteiger partial charge is 0.338 e. The fourth-order valence-electron chi connectivity index (χ4n) is 5.51. The number of hydrogen-bond acceptors (Lipinski definition) is 6. The topological polar surface area (TPSA) is 69.9 Å². The van der Waals surface area contributed by atoms with Crippen molar-refractivity contribution in [2.45, 2.75) is 39.3 Å². The van der Waals surface area contributed by atoms with Crippen molar-refractivity contribution < 1.29 is 14.3 Å². The minimum absolute atomic E-state index is 0.181. The number of ether oxygens (including phenoxy) is 2. The maximum atomic E-state index is 14.4. The molecular formula is C38H32Cl2N2O4S. The molecule has 4 aromatic carbocycles. The van der Waals surface area contributed by atoms with Crippen LogP contribution in [-0.4, -0.2) is 17.1 Å². The maximum absolute atomic E-state index is 14.4. The molecule has 9 heteroatoms. The highest BCUT2D eigenvalue weighted by Gasteiger charge is 2.35. The Morgan fingerprint density at radius 1 is 0.957 bits per heavy atom. The largest absolute Gasteiger partial charge is 0.488 e. The van der Waals surface area contributed by atoms with Crippen molar-refractivity contribution in [2.75, 3.05) is 6.61 Å². The number of thiazole rings is 1. The van der Waals surface area contributed by atoms with Gasteiger partial charge in [0.25, 0.3) is 5.56 Å². The van der Waals surface area contributed by atoms with E-state index in [1.807, 2.05) is 72.8 Å². The normalized spacial score (nSPS) is 14.6. The van der Waals surface area contributed by atoms with Crippen LogP contribution in [0.2, 0.25) is 10.0 Å². The molecular weight excluding hydrogens is 651 g/mol. The Labute approximate surface area is 286 Å². The van der Waals surface area contributed by atoms with E-state index in [-0.39, 0.29) is 18.8 Å². The van der Waals surface area contributed by atoms with E-state index >= 15 is 0 Å². The first-order chi connectivity index (χ1) is 22.7. The van der Waals surface area contributed by atoms with Gasteiger partial charge in [0, 0.05) is 21.2 Å². The van der Waals surface area contributed by atoms with Gasteiger partial charge in [-0.25, -0.2) is 9.79 Å². The first-order valence-corrected chi connectivity index (χ1v) is 16.9. The lowest BCUT2D eigenvalue weighted by Gasteiger charge is -2.26. The summed E-state index contributed by atoms with van der Waals surface area (Å²) in [7, 11) is 0. The highest BCUT2D eigenvalue weighted by Crippen LogP contribution is 2.36. The van der Waals surface area contributed by atoms with Gasteiger partial charge in [-0.1, -0.05) is 115 Å². The summed E-state index contributed by atoms with van der Waals surface area (Å²) >= 11 is 13.8. The van der Waals surface area contributed by atoms with Crippen LogP contribution < -0.4 is 19.6 Å². The lowest BCUT2D eigenvalue weighted by Crippen LogP contribution is -2.40. The second-order valence-corrected chi connectivity index (χ2v) is 13.2. The van der Waals surface area contributed by atoms with E-state index in [9.17, 15) is 9.59 Å². The maximum Gasteiger partial charge on any atom is 0.338 e. The van der Waals surface area contributed by atoms with E-state index in [0.29, 0.717) is 47.9 Å². The number of benzene rings is 4. The van der Waals surface area contributed by atoms with Gasteiger partial charge in [0.15, 0.2) is 4.80 Å². The second-order valence-electron chi connectivity index (χ2n) is 11.4. The fraction of sp³-hybridized carbons (Fsp3) is 0.184. The van der Waals surface area contributed by atoms with Gasteiger partial charge in [-0.2, -0.15) is 0 Å². The Bertz CT molecular complexity index is 2150. The van der Waals surface area contributed by atoms with Crippen molar-refractivity contribution in [2.24, 2.45) is 4.99 Å². The molecule has 6 rings (SSSR count). The first-order valence-electron chi connectivity index (χ1n) is 15.3. The predicted molar refractivity (Wildman–Crippen MR) is 189 cm³/mol. The average Bonchev–Trinajstić information content (AvgIpc) is 3.38. The molecule has 1 aliphatic heterocycles. The molecule has 1 atom stereocenters. The van der Waals surface area contributed by atoms with E-state index < -0.39 is 12.0 Å². The van der Waals surface area contributed by atoms with Crippen molar-refractivity contribution >= 4 is 52.3 Å². The molecule has 0 bridgehead atoms. The molecule has 0 N–H and O–H groups in total. The molecule has 6 nitrogen and oxygen atoms in total. The number of aromatic nitrogens is 1. The summed E-state index contributed by atoms with van der Waals surface area (Å²) in [5.41, 5.74) is 4.71. The number of fused-ring (bicyclic) bond motifs is 1. The van der Waals surface area contributed by atoms with Crippen LogP contribution in [0.25, 0.3) is 11.8 Å². The number of carbonyl (C=O) groups excluding carboxylic acids is 1. The number of nitrogens with zero attached hydrogens (tertiary/aromatic N) is 2. The predicted octanol–water partition coefficient (Wildman–Crippen LogP) is 7.94. The van der Waals surface area contributed by atoms with Crippen LogP contribution in [0, 0.1) is 0 Å². The molecule has 2 heterocycles. The quantitative estimate of drug-likeness (QED) is 0.148. The Morgan fingerprint density at radius 2 is 1.70 bits per heavy atom. The lowest BCUT2D eigenvalue weighted by molar-refractivity contribution is -0.138. The summed E-state index contributed by atoms with van der Waals surface area (Å²) in [5.74, 6) is 0.353. The molecule has 5 aromatic rings. The summed E-state index contributed by atoms with van der Waals surface area (Å²) in [6.45, 7) is 6.47. The fourth-order valence-corrected chi connectivity index (χ4v) is 6.90. The second kappa shape index (κ2) is 14.1. The van der Waals surface area contributed by atoms with Crippen molar-refractivity contribution in [1.29, 1.82) is 0 Å². The van der Waals surface area contributed by atoms with Crippen molar-refractivity contribution in [1.82, 2.24) is 4.57 Å². The zero-order valence-corrected chi connectivity index (χ0v) is 28.4. The zero-order valence-electron chi connectivity index (χ0n) is 26.1. The lowest BCUT2D eigenvalue weighted by atomic mass is 9.91. The molecule has 0 unspecified atom stereocenters. The average molecular weight is 684 g/mol. The number of halogens is 2. The van der Waals surface area contributed by atoms with Crippen LogP contribution in [0.3, 0.4) is 0 Å². The highest BCUT2D eigenvalue weighted by atomic mass is 35.5. The van der Waals surface area contributed by atoms with E-state index in [2.05, 4.69) is 13.8 Å². The van der Waals surface area contributed by atoms with Crippen LogP contribution in [0.15, 0.2) is 112 Å². The van der Waals surface area contributed by atoms with Gasteiger partial charge >= 0.3 is 5.97 Å². The Balaban J connectivity index is 1.54. The number of carbonyl (C=O) groups is 1. The van der Waals surface area contributed by atoms with Gasteiger partial charge in [0.2, 0.25) is 0 Å². The summed E-state index contributed by atoms with van der Waals surface area (Å²) in [6, 6.07) is 29.5. The van der Waals surface area contributed by atoms with Crippen molar-refractivity contribution in [3.8, 4) is 5.75 Å². The highest BCUT2D eigenvalue weighted by molar-refractivity contribution is 7.07. The summed E-state index contributed by atoms with van der Waals surface area (Å²) in [4.78, 5) is 33.5. The van der Waals surface area contributed by atoms with Crippen molar-refractivity contribution in [3.63, 3.8) is 0 Å². The van der Waals surface area contributed by atoms with Gasteiger partial charge in [-0.15, -0.1) is 0 Å². The van der Waals surface area contributed by atoms with Gasteiger partial charge in [0.1, 0.15) is 12.4 Å². The number of rotatable bonds is 9. The molecule has 47 heavy (non-hydrogen) atoms. The molecule has 0 saturated heterocycles. The third-order valence-corrected chi connectivity index (χ3v) is 9.29. The van der Waals surface area contributed by atoms with Crippen LogP contribution >= 0.6 is 34.5 Å². The summed E-state index contributed by atoms with van der Waals surface area (Å²) in [5, 5.41) is 1.12. The first kappa shape index (κ1) is 32.5. The molecule has 0 amide bonds. The third kappa shape index (κ3) is 6.98.